The molecule has 1 heterocycles. The van der Waals surface area contributed by atoms with E-state index < -0.39 is 0 Å². The number of methoxy groups -OCH3 is 1. The predicted molar refractivity (Wildman–Crippen MR) is 75.1 cm³/mol. The molecule has 0 spiro atoms. The average Bonchev–Trinajstić information content (AvgIpc) is 2.95. The summed E-state index contributed by atoms with van der Waals surface area (Å²) in [6.07, 6.45) is 0. The molecule has 4 nitrogen and oxygen atoms in total. The maximum Gasteiger partial charge on any atom is 0.348 e. The third-order valence-corrected chi connectivity index (χ3v) is 3.77. The number of aliphatic hydroxyl groups is 1. The molecule has 0 aliphatic heterocycles. The molecule has 0 aliphatic rings. The zero-order valence-electron chi connectivity index (χ0n) is 10.5. The monoisotopic (exact) mass is 277 g/mol. The Morgan fingerprint density at radius 1 is 1.37 bits per heavy atom. The molecule has 19 heavy (non-hydrogen) atoms. The molecule has 0 saturated carbocycles. The molecule has 0 bridgehead atoms. The Morgan fingerprint density at radius 2 is 2.05 bits per heavy atom. The first-order valence-electron chi connectivity index (χ1n) is 5.79. The molecular weight excluding hydrogens is 262 g/mol. The summed E-state index contributed by atoms with van der Waals surface area (Å²) in [4.78, 5) is 12.0. The van der Waals surface area contributed by atoms with Gasteiger partial charge >= 0.3 is 5.97 Å². The Kier molecular flexibility index (Phi) is 4.31. The third-order valence-electron chi connectivity index (χ3n) is 2.85. The van der Waals surface area contributed by atoms with Crippen LogP contribution in [0.1, 0.15) is 21.3 Å². The average molecular weight is 277 g/mol. The van der Waals surface area contributed by atoms with E-state index in [2.05, 4.69) is 4.74 Å². The van der Waals surface area contributed by atoms with E-state index in [0.717, 1.165) is 16.7 Å². The minimum absolute atomic E-state index is 0.0791. The summed E-state index contributed by atoms with van der Waals surface area (Å²) in [6, 6.07) is 9.05. The van der Waals surface area contributed by atoms with Crippen LogP contribution in [0.3, 0.4) is 0 Å². The van der Waals surface area contributed by atoms with E-state index in [4.69, 9.17) is 10.8 Å². The Labute approximate surface area is 115 Å². The van der Waals surface area contributed by atoms with Gasteiger partial charge in [0.15, 0.2) is 0 Å². The van der Waals surface area contributed by atoms with E-state index in [1.54, 1.807) is 6.07 Å². The van der Waals surface area contributed by atoms with Gasteiger partial charge in [0.25, 0.3) is 0 Å². The van der Waals surface area contributed by atoms with Gasteiger partial charge in [-0.1, -0.05) is 24.3 Å². The van der Waals surface area contributed by atoms with Crippen molar-refractivity contribution in [3.63, 3.8) is 0 Å². The van der Waals surface area contributed by atoms with Crippen LogP contribution < -0.4 is 5.73 Å². The van der Waals surface area contributed by atoms with Crippen LogP contribution in [-0.2, 0) is 4.74 Å². The second kappa shape index (κ2) is 5.97. The number of hydrogen-bond donors (Lipinski definition) is 2. The zero-order chi connectivity index (χ0) is 13.8. The van der Waals surface area contributed by atoms with Crippen LogP contribution in [0.25, 0.3) is 11.1 Å². The van der Waals surface area contributed by atoms with E-state index in [1.807, 2.05) is 29.6 Å². The van der Waals surface area contributed by atoms with Crippen molar-refractivity contribution in [1.29, 1.82) is 0 Å². The van der Waals surface area contributed by atoms with Gasteiger partial charge in [-0.2, -0.15) is 0 Å². The lowest BCUT2D eigenvalue weighted by Crippen LogP contribution is -2.14. The summed E-state index contributed by atoms with van der Waals surface area (Å²) >= 11 is 1.35. The fourth-order valence-corrected chi connectivity index (χ4v) is 2.56. The number of thiophene rings is 1. The van der Waals surface area contributed by atoms with E-state index >= 15 is 0 Å². The molecule has 0 aliphatic carbocycles. The van der Waals surface area contributed by atoms with E-state index in [9.17, 15) is 4.79 Å². The standard InChI is InChI=1S/C14H15NO3S/c1-18-14(17)13-6-11(8-19-13)9-2-4-10(5-3-9)12(15)7-16/h2-6,8,12,16H,7,15H2,1H3/t12-/m0/s1. The summed E-state index contributed by atoms with van der Waals surface area (Å²) in [6.45, 7) is -0.0791. The van der Waals surface area contributed by atoms with Crippen molar-refractivity contribution in [3.8, 4) is 11.1 Å². The number of aliphatic hydroxyl groups excluding tert-OH is 1. The quantitative estimate of drug-likeness (QED) is 0.840. The Bertz CT molecular complexity index is 562. The van der Waals surface area contributed by atoms with Crippen LogP contribution in [0.15, 0.2) is 35.7 Å². The number of carbonyl (C=O) groups is 1. The van der Waals surface area contributed by atoms with Gasteiger partial charge in [-0.15, -0.1) is 11.3 Å². The molecule has 0 saturated heterocycles. The largest absolute Gasteiger partial charge is 0.465 e. The number of hydrogen-bond acceptors (Lipinski definition) is 5. The number of nitrogens with two attached hydrogens (primary N) is 1. The maximum atomic E-state index is 11.4. The van der Waals surface area contributed by atoms with Gasteiger partial charge in [0.1, 0.15) is 4.88 Å². The number of esters is 1. The minimum atomic E-state index is -0.359. The summed E-state index contributed by atoms with van der Waals surface area (Å²) in [5.74, 6) is -0.324. The summed E-state index contributed by atoms with van der Waals surface area (Å²) in [5, 5.41) is 10.9. The maximum absolute atomic E-state index is 11.4. The van der Waals surface area contributed by atoms with Crippen molar-refractivity contribution in [2.75, 3.05) is 13.7 Å². The highest BCUT2D eigenvalue weighted by molar-refractivity contribution is 7.12. The molecule has 0 fully saturated rings. The first-order valence-corrected chi connectivity index (χ1v) is 6.67. The highest BCUT2D eigenvalue weighted by Gasteiger charge is 2.10. The lowest BCUT2D eigenvalue weighted by Gasteiger charge is -2.08. The molecular formula is C14H15NO3S. The van der Waals surface area contributed by atoms with Gasteiger partial charge in [-0.05, 0) is 28.1 Å². The molecule has 0 radical (unpaired) electrons. The van der Waals surface area contributed by atoms with Crippen LogP contribution >= 0.6 is 11.3 Å². The lowest BCUT2D eigenvalue weighted by atomic mass is 10.0. The minimum Gasteiger partial charge on any atom is -0.465 e. The van der Waals surface area contributed by atoms with Crippen LogP contribution in [-0.4, -0.2) is 24.8 Å². The van der Waals surface area contributed by atoms with Crippen LogP contribution in [0.5, 0.6) is 0 Å². The van der Waals surface area contributed by atoms with Gasteiger partial charge in [-0.3, -0.25) is 0 Å². The third kappa shape index (κ3) is 3.01. The fourth-order valence-electron chi connectivity index (χ4n) is 1.72. The number of ether oxygens (including phenoxy) is 1. The SMILES string of the molecule is COC(=O)c1cc(-c2ccc([C@@H](N)CO)cc2)cs1. The van der Waals surface area contributed by atoms with Crippen molar-refractivity contribution in [1.82, 2.24) is 0 Å². The molecule has 0 unspecified atom stereocenters. The Balaban J connectivity index is 2.22. The van der Waals surface area contributed by atoms with Crippen molar-refractivity contribution in [2.45, 2.75) is 6.04 Å². The van der Waals surface area contributed by atoms with Crippen molar-refractivity contribution in [3.05, 3.63) is 46.2 Å². The molecule has 5 heteroatoms. The van der Waals surface area contributed by atoms with Crippen molar-refractivity contribution >= 4 is 17.3 Å². The zero-order valence-corrected chi connectivity index (χ0v) is 11.3. The molecule has 1 atom stereocenters. The molecule has 1 aromatic carbocycles. The second-order valence-corrected chi connectivity index (χ2v) is 5.01. The van der Waals surface area contributed by atoms with Gasteiger partial charge in [0.05, 0.1) is 19.8 Å². The van der Waals surface area contributed by atoms with E-state index in [1.165, 1.54) is 18.4 Å². The van der Waals surface area contributed by atoms with E-state index in [-0.39, 0.29) is 18.6 Å². The van der Waals surface area contributed by atoms with E-state index in [0.29, 0.717) is 4.88 Å². The normalized spacial score (nSPS) is 12.2. The topological polar surface area (TPSA) is 72.5 Å². The first-order chi connectivity index (χ1) is 9.15. The highest BCUT2D eigenvalue weighted by Crippen LogP contribution is 2.27. The molecule has 1 aromatic heterocycles. The predicted octanol–water partition coefficient (Wildman–Crippen LogP) is 2.19. The van der Waals surface area contributed by atoms with Gasteiger partial charge in [0.2, 0.25) is 0 Å². The summed E-state index contributed by atoms with van der Waals surface area (Å²) in [5.41, 5.74) is 8.59. The van der Waals surface area contributed by atoms with Crippen molar-refractivity contribution in [2.24, 2.45) is 5.73 Å². The summed E-state index contributed by atoms with van der Waals surface area (Å²) < 4.78 is 4.68. The molecule has 0 amide bonds. The Morgan fingerprint density at radius 3 is 2.63 bits per heavy atom. The fraction of sp³-hybridized carbons (Fsp3) is 0.214. The second-order valence-electron chi connectivity index (χ2n) is 4.10. The molecule has 2 rings (SSSR count). The van der Waals surface area contributed by atoms with Crippen LogP contribution in [0.4, 0.5) is 0 Å². The van der Waals surface area contributed by atoms with Crippen LogP contribution in [0, 0.1) is 0 Å². The number of benzene rings is 1. The highest BCUT2D eigenvalue weighted by atomic mass is 32.1. The summed E-state index contributed by atoms with van der Waals surface area (Å²) in [7, 11) is 1.37. The Hall–Kier alpha value is -1.69. The van der Waals surface area contributed by atoms with Gasteiger partial charge in [-0.25, -0.2) is 4.79 Å². The van der Waals surface area contributed by atoms with Gasteiger partial charge < -0.3 is 15.6 Å². The molecule has 2 aromatic rings. The van der Waals surface area contributed by atoms with Crippen LogP contribution in [0.2, 0.25) is 0 Å². The van der Waals surface area contributed by atoms with Gasteiger partial charge in [0, 0.05) is 0 Å². The molecule has 100 valence electrons. The smallest absolute Gasteiger partial charge is 0.348 e. The van der Waals surface area contributed by atoms with Crippen molar-refractivity contribution < 1.29 is 14.6 Å². The number of carbonyl (C=O) groups excluding carboxylic acids is 1. The molecule has 3 N–H and O–H groups in total. The first kappa shape index (κ1) is 13.7. The number of rotatable bonds is 4. The lowest BCUT2D eigenvalue weighted by molar-refractivity contribution is 0.0606.